The largest absolute Gasteiger partial charge is 0.550 e. The lowest BCUT2D eigenvalue weighted by molar-refractivity contribution is -0.367. The predicted molar refractivity (Wildman–Crippen MR) is 59.9 cm³/mol. The van der Waals surface area contributed by atoms with Crippen LogP contribution in [0.25, 0.3) is 0 Å². The highest BCUT2D eigenvalue weighted by atomic mass is 31.2. The molecule has 0 saturated heterocycles. The van der Waals surface area contributed by atoms with Crippen molar-refractivity contribution in [3.05, 3.63) is 0 Å². The monoisotopic (exact) mass is 251 g/mol. The average molecular weight is 251 g/mol. The minimum absolute atomic E-state index is 0.151. The molecule has 5 nitrogen and oxygen atoms in total. The zero-order valence-corrected chi connectivity index (χ0v) is 10.9. The topological polar surface area (TPSA) is 105 Å². The van der Waals surface area contributed by atoms with Gasteiger partial charge in [0, 0.05) is 30.6 Å². The first-order chi connectivity index (χ1) is 7.28. The molecule has 0 aliphatic carbocycles. The number of hydrogen-bond acceptors (Lipinski definition) is 3. The van der Waals surface area contributed by atoms with Gasteiger partial charge in [0.2, 0.25) is 7.37 Å². The maximum atomic E-state index is 11.7. The molecule has 0 aromatic rings. The van der Waals surface area contributed by atoms with Gasteiger partial charge >= 0.3 is 0 Å². The van der Waals surface area contributed by atoms with Crippen LogP contribution >= 0.6 is 7.37 Å². The Labute approximate surface area is 96.5 Å². The lowest BCUT2D eigenvalue weighted by atomic mass is 9.99. The Morgan fingerprint density at radius 1 is 1.50 bits per heavy atom. The first-order valence-electron chi connectivity index (χ1n) is 5.59. The third-order valence-corrected chi connectivity index (χ3v) is 4.38. The summed E-state index contributed by atoms with van der Waals surface area (Å²) in [7, 11) is -3.34. The second kappa shape index (κ2) is 7.05. The Bertz CT molecular complexity index is 268. The Morgan fingerprint density at radius 2 is 2.06 bits per heavy atom. The van der Waals surface area contributed by atoms with E-state index in [2.05, 4.69) is 5.73 Å². The predicted octanol–water partition coefficient (Wildman–Crippen LogP) is -0.699. The number of carboxylic acid groups (broad SMARTS) is 1. The SMILES string of the molecule is CC(C)C[C@H](CP(=O)(O)CCC[NH3+])C(=O)[O-]. The van der Waals surface area contributed by atoms with Gasteiger partial charge < -0.3 is 20.5 Å². The number of carboxylic acids is 1. The van der Waals surface area contributed by atoms with Crippen molar-refractivity contribution in [1.29, 1.82) is 0 Å². The molecule has 0 saturated carbocycles. The summed E-state index contributed by atoms with van der Waals surface area (Å²) in [6.45, 7) is 4.35. The van der Waals surface area contributed by atoms with Crippen molar-refractivity contribution in [3.8, 4) is 0 Å². The zero-order valence-electron chi connectivity index (χ0n) is 10.0. The molecule has 0 aromatic heterocycles. The summed E-state index contributed by atoms with van der Waals surface area (Å²) in [4.78, 5) is 20.4. The van der Waals surface area contributed by atoms with E-state index in [0.29, 0.717) is 19.4 Å². The number of aliphatic carboxylic acids is 1. The van der Waals surface area contributed by atoms with Gasteiger partial charge in [-0.2, -0.15) is 0 Å². The molecule has 0 aliphatic heterocycles. The quantitative estimate of drug-likeness (QED) is 0.556. The van der Waals surface area contributed by atoms with Crippen molar-refractivity contribution in [2.75, 3.05) is 18.9 Å². The van der Waals surface area contributed by atoms with Crippen LogP contribution in [0.3, 0.4) is 0 Å². The normalized spacial score (nSPS) is 17.1. The van der Waals surface area contributed by atoms with Gasteiger partial charge in [0.1, 0.15) is 0 Å². The fraction of sp³-hybridized carbons (Fsp3) is 0.900. The number of rotatable bonds is 8. The van der Waals surface area contributed by atoms with E-state index in [1.54, 1.807) is 0 Å². The van der Waals surface area contributed by atoms with Crippen molar-refractivity contribution in [2.45, 2.75) is 26.7 Å². The van der Waals surface area contributed by atoms with Crippen LogP contribution in [0.15, 0.2) is 0 Å². The van der Waals surface area contributed by atoms with Gasteiger partial charge in [-0.15, -0.1) is 0 Å². The van der Waals surface area contributed by atoms with Gasteiger partial charge in [0.05, 0.1) is 6.54 Å². The van der Waals surface area contributed by atoms with Crippen LogP contribution in [0.5, 0.6) is 0 Å². The second-order valence-electron chi connectivity index (χ2n) is 4.61. The van der Waals surface area contributed by atoms with Crippen molar-refractivity contribution in [3.63, 3.8) is 0 Å². The number of carbonyl (C=O) groups is 1. The number of carbonyl (C=O) groups excluding carboxylic acids is 1. The maximum Gasteiger partial charge on any atom is 0.201 e. The fourth-order valence-electron chi connectivity index (χ4n) is 1.61. The highest BCUT2D eigenvalue weighted by Gasteiger charge is 2.25. The van der Waals surface area contributed by atoms with E-state index in [4.69, 9.17) is 0 Å². The molecule has 0 bridgehead atoms. The van der Waals surface area contributed by atoms with Gasteiger partial charge in [-0.3, -0.25) is 4.57 Å². The second-order valence-corrected chi connectivity index (χ2v) is 7.11. The van der Waals surface area contributed by atoms with Crippen LogP contribution in [-0.2, 0) is 9.36 Å². The summed E-state index contributed by atoms with van der Waals surface area (Å²) in [6, 6.07) is 0. The minimum atomic E-state index is -3.34. The molecule has 4 N–H and O–H groups in total. The molecule has 2 atom stereocenters. The molecule has 0 rings (SSSR count). The molecule has 0 aliphatic rings. The zero-order chi connectivity index (χ0) is 12.8. The smallest absolute Gasteiger partial charge is 0.201 e. The highest BCUT2D eigenvalue weighted by molar-refractivity contribution is 7.58. The van der Waals surface area contributed by atoms with E-state index >= 15 is 0 Å². The molecular formula is C10H22NO4P. The highest BCUT2D eigenvalue weighted by Crippen LogP contribution is 2.43. The van der Waals surface area contributed by atoms with Crippen molar-refractivity contribution in [2.24, 2.45) is 11.8 Å². The summed E-state index contributed by atoms with van der Waals surface area (Å²) in [6.07, 6.45) is 0.915. The van der Waals surface area contributed by atoms with Crippen molar-refractivity contribution >= 4 is 13.3 Å². The molecule has 0 spiro atoms. The van der Waals surface area contributed by atoms with Crippen molar-refractivity contribution in [1.82, 2.24) is 0 Å². The molecule has 1 unspecified atom stereocenters. The van der Waals surface area contributed by atoms with E-state index in [9.17, 15) is 19.4 Å². The standard InChI is InChI=1S/C10H22NO4P/c1-8(2)6-9(10(12)13)7-16(14,15)5-3-4-11/h8-9H,3-7,11H2,1-2H3,(H,12,13)(H,14,15)/t9-/m1/s1. The lowest BCUT2D eigenvalue weighted by Gasteiger charge is -2.22. The number of quaternary nitrogens is 1. The Hall–Kier alpha value is -0.380. The van der Waals surface area contributed by atoms with Crippen LogP contribution in [0, 0.1) is 11.8 Å². The Kier molecular flexibility index (Phi) is 6.88. The van der Waals surface area contributed by atoms with E-state index < -0.39 is 19.3 Å². The van der Waals surface area contributed by atoms with E-state index in [-0.39, 0.29) is 18.2 Å². The van der Waals surface area contributed by atoms with Crippen LogP contribution in [-0.4, -0.2) is 29.7 Å². The first-order valence-corrected chi connectivity index (χ1v) is 7.62. The minimum Gasteiger partial charge on any atom is -0.550 e. The summed E-state index contributed by atoms with van der Waals surface area (Å²) >= 11 is 0. The van der Waals surface area contributed by atoms with E-state index in [1.807, 2.05) is 13.8 Å². The Balaban J connectivity index is 4.37. The fourth-order valence-corrected chi connectivity index (χ4v) is 3.50. The van der Waals surface area contributed by atoms with Gasteiger partial charge in [-0.1, -0.05) is 13.8 Å². The molecule has 0 radical (unpaired) electrons. The summed E-state index contributed by atoms with van der Waals surface area (Å²) in [5, 5.41) is 10.8. The summed E-state index contributed by atoms with van der Waals surface area (Å²) < 4.78 is 11.7. The molecule has 0 fully saturated rings. The summed E-state index contributed by atoms with van der Waals surface area (Å²) in [5.74, 6) is -1.87. The van der Waals surface area contributed by atoms with E-state index in [0.717, 1.165) is 0 Å². The molecular weight excluding hydrogens is 229 g/mol. The maximum absolute atomic E-state index is 11.7. The van der Waals surface area contributed by atoms with Crippen molar-refractivity contribution < 1.29 is 25.1 Å². The first kappa shape index (κ1) is 15.6. The molecule has 0 aromatic carbocycles. The van der Waals surface area contributed by atoms with Gasteiger partial charge in [0.15, 0.2) is 0 Å². The third kappa shape index (κ3) is 6.99. The Morgan fingerprint density at radius 3 is 2.44 bits per heavy atom. The average Bonchev–Trinajstić information content (AvgIpc) is 2.12. The lowest BCUT2D eigenvalue weighted by Crippen LogP contribution is -2.50. The van der Waals surface area contributed by atoms with Gasteiger partial charge in [-0.05, 0) is 12.3 Å². The number of hydrogen-bond donors (Lipinski definition) is 2. The molecule has 16 heavy (non-hydrogen) atoms. The third-order valence-electron chi connectivity index (χ3n) is 2.35. The van der Waals surface area contributed by atoms with E-state index in [1.165, 1.54) is 0 Å². The molecule has 96 valence electrons. The van der Waals surface area contributed by atoms with Gasteiger partial charge in [-0.25, -0.2) is 0 Å². The molecule has 0 heterocycles. The van der Waals surface area contributed by atoms with Crippen LogP contribution in [0.2, 0.25) is 0 Å². The van der Waals surface area contributed by atoms with Gasteiger partial charge in [0.25, 0.3) is 0 Å². The summed E-state index contributed by atoms with van der Waals surface area (Å²) in [5.41, 5.74) is 3.59. The van der Waals surface area contributed by atoms with Crippen LogP contribution in [0.4, 0.5) is 0 Å². The van der Waals surface area contributed by atoms with Crippen LogP contribution in [0.1, 0.15) is 26.7 Å². The molecule has 6 heteroatoms. The molecule has 0 amide bonds. The van der Waals surface area contributed by atoms with Crippen LogP contribution < -0.4 is 10.8 Å².